The van der Waals surface area contributed by atoms with Crippen molar-refractivity contribution in [3.05, 3.63) is 58.3 Å². The van der Waals surface area contributed by atoms with Gasteiger partial charge in [0.25, 0.3) is 5.56 Å². The molecule has 16 heavy (non-hydrogen) atoms. The number of rotatable bonds is 2. The Bertz CT molecular complexity index is 544. The zero-order chi connectivity index (χ0) is 11.5. The Morgan fingerprint density at radius 1 is 1.38 bits per heavy atom. The van der Waals surface area contributed by atoms with E-state index >= 15 is 0 Å². The molecule has 0 atom stereocenters. The number of hydrogen-bond donors (Lipinski definition) is 1. The molecule has 0 spiro atoms. The molecule has 0 fully saturated rings. The first kappa shape index (κ1) is 10.6. The van der Waals surface area contributed by atoms with Gasteiger partial charge in [0.1, 0.15) is 0 Å². The zero-order valence-electron chi connectivity index (χ0n) is 8.92. The molecule has 0 unspecified atom stereocenters. The van der Waals surface area contributed by atoms with Crippen LogP contribution in [0.1, 0.15) is 11.3 Å². The molecule has 4 heteroatoms. The standard InChI is InChI=1S/C12H12N2O2/c1-9-4-5-11(7-13-9)14-6-2-3-10(8-15)12(14)16/h2-7,15H,8H2,1H3. The highest BCUT2D eigenvalue weighted by Gasteiger charge is 2.03. The summed E-state index contributed by atoms with van der Waals surface area (Å²) in [6.45, 7) is 1.63. The molecule has 82 valence electrons. The molecule has 1 N–H and O–H groups in total. The topological polar surface area (TPSA) is 55.1 Å². The average molecular weight is 216 g/mol. The van der Waals surface area contributed by atoms with Crippen LogP contribution in [0.25, 0.3) is 5.69 Å². The van der Waals surface area contributed by atoms with Crippen molar-refractivity contribution in [1.82, 2.24) is 9.55 Å². The van der Waals surface area contributed by atoms with Crippen LogP contribution in [0.4, 0.5) is 0 Å². The molecule has 0 radical (unpaired) electrons. The van der Waals surface area contributed by atoms with Gasteiger partial charge in [-0.05, 0) is 31.2 Å². The van der Waals surface area contributed by atoms with Crippen molar-refractivity contribution in [2.24, 2.45) is 0 Å². The molecule has 4 nitrogen and oxygen atoms in total. The van der Waals surface area contributed by atoms with E-state index in [0.29, 0.717) is 11.3 Å². The third-order valence-electron chi connectivity index (χ3n) is 2.37. The van der Waals surface area contributed by atoms with E-state index in [9.17, 15) is 4.79 Å². The van der Waals surface area contributed by atoms with E-state index in [0.717, 1.165) is 5.69 Å². The Balaban J connectivity index is 2.56. The fourth-order valence-corrected chi connectivity index (χ4v) is 1.47. The monoisotopic (exact) mass is 216 g/mol. The number of aromatic nitrogens is 2. The third kappa shape index (κ3) is 1.87. The average Bonchev–Trinajstić information content (AvgIpc) is 2.31. The summed E-state index contributed by atoms with van der Waals surface area (Å²) in [5, 5.41) is 9.00. The third-order valence-corrected chi connectivity index (χ3v) is 2.37. The maximum atomic E-state index is 11.9. The minimum atomic E-state index is -0.251. The Kier molecular flexibility index (Phi) is 2.83. The second-order valence-electron chi connectivity index (χ2n) is 3.52. The van der Waals surface area contributed by atoms with Crippen molar-refractivity contribution < 1.29 is 5.11 Å². The van der Waals surface area contributed by atoms with Crippen LogP contribution < -0.4 is 5.56 Å². The first-order chi connectivity index (χ1) is 7.72. The van der Waals surface area contributed by atoms with Gasteiger partial charge in [0.05, 0.1) is 18.5 Å². The van der Waals surface area contributed by atoms with Gasteiger partial charge in [-0.15, -0.1) is 0 Å². The van der Waals surface area contributed by atoms with Crippen LogP contribution in [0.15, 0.2) is 41.5 Å². The summed E-state index contributed by atoms with van der Waals surface area (Å²) >= 11 is 0. The van der Waals surface area contributed by atoms with E-state index < -0.39 is 0 Å². The fraction of sp³-hybridized carbons (Fsp3) is 0.167. The lowest BCUT2D eigenvalue weighted by Gasteiger charge is -2.06. The molecule has 0 amide bonds. The summed E-state index contributed by atoms with van der Waals surface area (Å²) in [6, 6.07) is 7.01. The van der Waals surface area contributed by atoms with Gasteiger partial charge in [0.15, 0.2) is 0 Å². The van der Waals surface area contributed by atoms with E-state index in [1.54, 1.807) is 24.5 Å². The molecule has 0 aromatic carbocycles. The van der Waals surface area contributed by atoms with Crippen molar-refractivity contribution in [2.75, 3.05) is 0 Å². The molecule has 0 saturated carbocycles. The molecule has 0 aliphatic carbocycles. The molecule has 0 bridgehead atoms. The number of aryl methyl sites for hydroxylation is 1. The maximum absolute atomic E-state index is 11.9. The van der Waals surface area contributed by atoms with E-state index in [4.69, 9.17) is 5.11 Å². The van der Waals surface area contributed by atoms with Crippen LogP contribution in [0.2, 0.25) is 0 Å². The molecule has 2 aromatic heterocycles. The summed E-state index contributed by atoms with van der Waals surface area (Å²) in [7, 11) is 0. The highest BCUT2D eigenvalue weighted by Crippen LogP contribution is 2.04. The summed E-state index contributed by atoms with van der Waals surface area (Å²) in [5.41, 5.74) is 1.76. The summed E-state index contributed by atoms with van der Waals surface area (Å²) < 4.78 is 1.47. The van der Waals surface area contributed by atoms with E-state index in [-0.39, 0.29) is 12.2 Å². The van der Waals surface area contributed by atoms with Gasteiger partial charge in [-0.2, -0.15) is 0 Å². The normalized spacial score (nSPS) is 10.4. The van der Waals surface area contributed by atoms with Gasteiger partial charge in [-0.1, -0.05) is 0 Å². The summed E-state index contributed by atoms with van der Waals surface area (Å²) in [4.78, 5) is 16.0. The molecular weight excluding hydrogens is 204 g/mol. The Labute approximate surface area is 92.8 Å². The first-order valence-electron chi connectivity index (χ1n) is 4.97. The van der Waals surface area contributed by atoms with Crippen LogP contribution in [-0.2, 0) is 6.61 Å². The van der Waals surface area contributed by atoms with Gasteiger partial charge < -0.3 is 5.11 Å². The Morgan fingerprint density at radius 2 is 2.19 bits per heavy atom. The largest absolute Gasteiger partial charge is 0.391 e. The van der Waals surface area contributed by atoms with Gasteiger partial charge in [-0.25, -0.2) is 0 Å². The number of aliphatic hydroxyl groups is 1. The van der Waals surface area contributed by atoms with Crippen molar-refractivity contribution >= 4 is 0 Å². The highest BCUT2D eigenvalue weighted by molar-refractivity contribution is 5.31. The van der Waals surface area contributed by atoms with Crippen LogP contribution in [0, 0.1) is 6.92 Å². The predicted octanol–water partition coefficient (Wildman–Crippen LogP) is 1.03. The van der Waals surface area contributed by atoms with E-state index in [2.05, 4.69) is 4.98 Å². The predicted molar refractivity (Wildman–Crippen MR) is 60.5 cm³/mol. The SMILES string of the molecule is Cc1ccc(-n2cccc(CO)c2=O)cn1. The van der Waals surface area contributed by atoms with Gasteiger partial charge in [0, 0.05) is 17.5 Å². The smallest absolute Gasteiger partial charge is 0.260 e. The summed E-state index contributed by atoms with van der Waals surface area (Å²) in [5.74, 6) is 0. The zero-order valence-corrected chi connectivity index (χ0v) is 8.92. The van der Waals surface area contributed by atoms with Gasteiger partial charge >= 0.3 is 0 Å². The van der Waals surface area contributed by atoms with Crippen molar-refractivity contribution in [2.45, 2.75) is 13.5 Å². The molecule has 0 aliphatic heterocycles. The summed E-state index contributed by atoms with van der Waals surface area (Å²) in [6.07, 6.45) is 3.30. The van der Waals surface area contributed by atoms with Crippen molar-refractivity contribution in [3.63, 3.8) is 0 Å². The molecule has 0 saturated heterocycles. The number of pyridine rings is 2. The van der Waals surface area contributed by atoms with Gasteiger partial charge in [0.2, 0.25) is 0 Å². The number of aliphatic hydroxyl groups excluding tert-OH is 1. The van der Waals surface area contributed by atoms with Gasteiger partial charge in [-0.3, -0.25) is 14.3 Å². The van der Waals surface area contributed by atoms with E-state index in [1.807, 2.05) is 19.1 Å². The Hall–Kier alpha value is -1.94. The molecule has 2 heterocycles. The Morgan fingerprint density at radius 3 is 2.81 bits per heavy atom. The second kappa shape index (κ2) is 4.28. The fourth-order valence-electron chi connectivity index (χ4n) is 1.47. The first-order valence-corrected chi connectivity index (χ1v) is 4.97. The number of hydrogen-bond acceptors (Lipinski definition) is 3. The maximum Gasteiger partial charge on any atom is 0.260 e. The van der Waals surface area contributed by atoms with Crippen LogP contribution in [0.5, 0.6) is 0 Å². The molecular formula is C12H12N2O2. The van der Waals surface area contributed by atoms with Crippen molar-refractivity contribution in [1.29, 1.82) is 0 Å². The van der Waals surface area contributed by atoms with Crippen LogP contribution in [0.3, 0.4) is 0 Å². The van der Waals surface area contributed by atoms with Crippen molar-refractivity contribution in [3.8, 4) is 5.69 Å². The number of nitrogens with zero attached hydrogens (tertiary/aromatic N) is 2. The molecule has 2 aromatic rings. The molecule has 0 aliphatic rings. The highest BCUT2D eigenvalue weighted by atomic mass is 16.3. The van der Waals surface area contributed by atoms with E-state index in [1.165, 1.54) is 4.57 Å². The van der Waals surface area contributed by atoms with Crippen LogP contribution >= 0.6 is 0 Å². The molecule has 2 rings (SSSR count). The lowest BCUT2D eigenvalue weighted by atomic mass is 10.2. The minimum Gasteiger partial charge on any atom is -0.391 e. The lowest BCUT2D eigenvalue weighted by Crippen LogP contribution is -2.21. The quantitative estimate of drug-likeness (QED) is 0.815. The minimum absolute atomic E-state index is 0.212. The second-order valence-corrected chi connectivity index (χ2v) is 3.52. The lowest BCUT2D eigenvalue weighted by molar-refractivity contribution is 0.279. The van der Waals surface area contributed by atoms with Crippen LogP contribution in [-0.4, -0.2) is 14.7 Å².